The third-order valence-electron chi connectivity index (χ3n) is 5.71. The van der Waals surface area contributed by atoms with Gasteiger partial charge in [-0.15, -0.1) is 12.4 Å². The molecule has 1 aromatic heterocycles. The predicted octanol–water partition coefficient (Wildman–Crippen LogP) is 4.25. The van der Waals surface area contributed by atoms with Crippen LogP contribution in [-0.4, -0.2) is 76.5 Å². The molecule has 2 aromatic carbocycles. The first-order valence-electron chi connectivity index (χ1n) is 11.0. The smallest absolute Gasteiger partial charge is 0.260 e. The van der Waals surface area contributed by atoms with Crippen LogP contribution in [0.1, 0.15) is 16.8 Å². The number of nitrogens with zero attached hydrogens (tertiary/aromatic N) is 3. The second-order valence-corrected chi connectivity index (χ2v) is 8.77. The molecule has 0 radical (unpaired) electrons. The summed E-state index contributed by atoms with van der Waals surface area (Å²) in [5.41, 5.74) is 0.624. The number of ether oxygens (including phenoxy) is 4. The Balaban J connectivity index is 0.00000342. The number of hydrogen-bond acceptors (Lipinski definition) is 8. The Hall–Kier alpha value is -2.66. The van der Waals surface area contributed by atoms with Gasteiger partial charge in [0.15, 0.2) is 16.6 Å². The number of carbonyl (C=O) groups excluding carboxylic acids is 1. The van der Waals surface area contributed by atoms with E-state index in [1.807, 2.05) is 0 Å². The normalized spacial score (nSPS) is 13.8. The van der Waals surface area contributed by atoms with Crippen molar-refractivity contribution >= 4 is 45.0 Å². The lowest BCUT2D eigenvalue weighted by molar-refractivity contribution is 0.0376. The molecule has 35 heavy (non-hydrogen) atoms. The fourth-order valence-electron chi connectivity index (χ4n) is 3.94. The third kappa shape index (κ3) is 5.95. The summed E-state index contributed by atoms with van der Waals surface area (Å²) in [5.74, 6) is 0.485. The summed E-state index contributed by atoms with van der Waals surface area (Å²) >= 11 is 1.29. The van der Waals surface area contributed by atoms with Crippen LogP contribution in [0.2, 0.25) is 0 Å². The van der Waals surface area contributed by atoms with Gasteiger partial charge in [-0.25, -0.2) is 9.37 Å². The van der Waals surface area contributed by atoms with Crippen LogP contribution < -0.4 is 19.1 Å². The molecule has 0 saturated carbocycles. The maximum absolute atomic E-state index is 14.3. The van der Waals surface area contributed by atoms with Crippen molar-refractivity contribution in [2.45, 2.75) is 6.42 Å². The van der Waals surface area contributed by atoms with Gasteiger partial charge in [-0.1, -0.05) is 17.4 Å². The number of anilines is 1. The SMILES string of the molecule is COc1cc(C(=O)N(CCCN2CCOCC2)c2nc3c(F)cccc3s2)cc(OC)c1OC.Cl. The van der Waals surface area contributed by atoms with Crippen LogP contribution >= 0.6 is 23.7 Å². The first kappa shape index (κ1) is 26.9. The molecule has 1 aliphatic rings. The lowest BCUT2D eigenvalue weighted by atomic mass is 10.1. The number of benzene rings is 2. The van der Waals surface area contributed by atoms with Crippen LogP contribution in [0.25, 0.3) is 10.2 Å². The number of fused-ring (bicyclic) bond motifs is 1. The quantitative estimate of drug-likeness (QED) is 0.413. The Labute approximate surface area is 213 Å². The van der Waals surface area contributed by atoms with Crippen molar-refractivity contribution in [3.8, 4) is 17.2 Å². The summed E-state index contributed by atoms with van der Waals surface area (Å²) in [7, 11) is 4.51. The fraction of sp³-hybridized carbons (Fsp3) is 0.417. The van der Waals surface area contributed by atoms with E-state index in [4.69, 9.17) is 18.9 Å². The minimum Gasteiger partial charge on any atom is -0.493 e. The molecule has 3 aromatic rings. The van der Waals surface area contributed by atoms with Crippen molar-refractivity contribution in [2.75, 3.05) is 65.6 Å². The van der Waals surface area contributed by atoms with E-state index in [0.717, 1.165) is 26.1 Å². The molecule has 0 spiro atoms. The highest BCUT2D eigenvalue weighted by Gasteiger charge is 2.25. The average molecular weight is 526 g/mol. The number of thiazole rings is 1. The summed E-state index contributed by atoms with van der Waals surface area (Å²) < 4.78 is 36.7. The van der Waals surface area contributed by atoms with Gasteiger partial charge in [0, 0.05) is 31.7 Å². The van der Waals surface area contributed by atoms with E-state index >= 15 is 0 Å². The van der Waals surface area contributed by atoms with Crippen molar-refractivity contribution < 1.29 is 28.1 Å². The van der Waals surface area contributed by atoms with Gasteiger partial charge >= 0.3 is 0 Å². The Morgan fingerprint density at radius 1 is 1.14 bits per heavy atom. The van der Waals surface area contributed by atoms with E-state index in [9.17, 15) is 9.18 Å². The molecule has 0 atom stereocenters. The van der Waals surface area contributed by atoms with Gasteiger partial charge in [0.25, 0.3) is 5.91 Å². The first-order valence-corrected chi connectivity index (χ1v) is 11.8. The Morgan fingerprint density at radius 3 is 2.43 bits per heavy atom. The summed E-state index contributed by atoms with van der Waals surface area (Å²) in [5, 5.41) is 0.445. The average Bonchev–Trinajstić information content (AvgIpc) is 3.31. The zero-order valence-electron chi connectivity index (χ0n) is 19.9. The zero-order chi connectivity index (χ0) is 24.1. The molecule has 0 unspecified atom stereocenters. The predicted molar refractivity (Wildman–Crippen MR) is 136 cm³/mol. The minimum absolute atomic E-state index is 0. The monoisotopic (exact) mass is 525 g/mol. The highest BCUT2D eigenvalue weighted by Crippen LogP contribution is 2.39. The topological polar surface area (TPSA) is 73.4 Å². The number of para-hydroxylation sites is 1. The van der Waals surface area contributed by atoms with E-state index in [0.29, 0.717) is 52.4 Å². The molecule has 1 fully saturated rings. The number of methoxy groups -OCH3 is 3. The molecular weight excluding hydrogens is 497 g/mol. The van der Waals surface area contributed by atoms with Gasteiger partial charge < -0.3 is 18.9 Å². The maximum Gasteiger partial charge on any atom is 0.260 e. The zero-order valence-corrected chi connectivity index (χ0v) is 21.5. The molecule has 190 valence electrons. The fourth-order valence-corrected chi connectivity index (χ4v) is 4.94. The Bertz CT molecular complexity index is 1130. The molecule has 1 saturated heterocycles. The molecule has 0 aliphatic carbocycles. The second-order valence-electron chi connectivity index (χ2n) is 7.76. The highest BCUT2D eigenvalue weighted by molar-refractivity contribution is 7.22. The van der Waals surface area contributed by atoms with Crippen molar-refractivity contribution in [1.29, 1.82) is 0 Å². The van der Waals surface area contributed by atoms with Crippen molar-refractivity contribution in [3.63, 3.8) is 0 Å². The van der Waals surface area contributed by atoms with Gasteiger partial charge in [0.1, 0.15) is 11.3 Å². The maximum atomic E-state index is 14.3. The van der Waals surface area contributed by atoms with Gasteiger partial charge in [0.2, 0.25) is 5.75 Å². The molecule has 11 heteroatoms. The van der Waals surface area contributed by atoms with Crippen LogP contribution in [0.4, 0.5) is 9.52 Å². The summed E-state index contributed by atoms with van der Waals surface area (Å²) in [6.45, 7) is 4.41. The Kier molecular flexibility index (Phi) is 9.50. The molecule has 0 N–H and O–H groups in total. The number of amides is 1. The third-order valence-corrected chi connectivity index (χ3v) is 6.75. The molecule has 4 rings (SSSR count). The lowest BCUT2D eigenvalue weighted by Gasteiger charge is -2.28. The van der Waals surface area contributed by atoms with E-state index in [-0.39, 0.29) is 23.8 Å². The van der Waals surface area contributed by atoms with Crippen LogP contribution in [0.5, 0.6) is 17.2 Å². The van der Waals surface area contributed by atoms with E-state index in [1.54, 1.807) is 29.2 Å². The second kappa shape index (κ2) is 12.3. The highest BCUT2D eigenvalue weighted by atomic mass is 35.5. The molecule has 1 aliphatic heterocycles. The summed E-state index contributed by atoms with van der Waals surface area (Å²) in [4.78, 5) is 22.1. The minimum atomic E-state index is -0.409. The van der Waals surface area contributed by atoms with E-state index < -0.39 is 5.82 Å². The van der Waals surface area contributed by atoms with Crippen LogP contribution in [0.3, 0.4) is 0 Å². The van der Waals surface area contributed by atoms with Gasteiger partial charge in [-0.3, -0.25) is 14.6 Å². The number of aromatic nitrogens is 1. The molecule has 0 bridgehead atoms. The van der Waals surface area contributed by atoms with E-state index in [2.05, 4.69) is 9.88 Å². The van der Waals surface area contributed by atoms with Crippen molar-refractivity contribution in [1.82, 2.24) is 9.88 Å². The first-order chi connectivity index (χ1) is 16.5. The van der Waals surface area contributed by atoms with Crippen LogP contribution in [0, 0.1) is 5.82 Å². The molecule has 2 heterocycles. The summed E-state index contributed by atoms with van der Waals surface area (Å²) in [6.07, 6.45) is 0.731. The van der Waals surface area contributed by atoms with Crippen LogP contribution in [0.15, 0.2) is 30.3 Å². The number of hydrogen-bond donors (Lipinski definition) is 0. The molecular formula is C24H29ClFN3O5S. The number of morpholine rings is 1. The molecule has 8 nitrogen and oxygen atoms in total. The summed E-state index contributed by atoms with van der Waals surface area (Å²) in [6, 6.07) is 8.05. The van der Waals surface area contributed by atoms with Gasteiger partial charge in [-0.05, 0) is 30.7 Å². The Morgan fingerprint density at radius 2 is 1.83 bits per heavy atom. The van der Waals surface area contributed by atoms with E-state index in [1.165, 1.54) is 38.7 Å². The standard InChI is InChI=1S/C24H28FN3O5S.ClH/c1-30-18-14-16(15-19(31-2)22(18)32-3)23(29)28(9-5-8-27-10-12-33-13-11-27)24-26-21-17(25)6-4-7-20(21)34-24;/h4,6-7,14-15H,5,8-13H2,1-3H3;1H. The number of halogens is 2. The van der Waals surface area contributed by atoms with Crippen molar-refractivity contribution in [3.05, 3.63) is 41.7 Å². The lowest BCUT2D eigenvalue weighted by Crippen LogP contribution is -2.39. The van der Waals surface area contributed by atoms with Crippen molar-refractivity contribution in [2.24, 2.45) is 0 Å². The van der Waals surface area contributed by atoms with Crippen LogP contribution in [-0.2, 0) is 4.74 Å². The number of carbonyl (C=O) groups is 1. The molecule has 1 amide bonds. The van der Waals surface area contributed by atoms with Gasteiger partial charge in [-0.2, -0.15) is 0 Å². The number of rotatable bonds is 9. The largest absolute Gasteiger partial charge is 0.493 e. The van der Waals surface area contributed by atoms with Gasteiger partial charge in [0.05, 0.1) is 39.2 Å².